The van der Waals surface area contributed by atoms with Gasteiger partial charge in [0.1, 0.15) is 6.04 Å². The molecule has 0 spiro atoms. The highest BCUT2D eigenvalue weighted by atomic mass is 16.5. The van der Waals surface area contributed by atoms with E-state index in [0.717, 1.165) is 49.5 Å². The first-order chi connectivity index (χ1) is 17.5. The van der Waals surface area contributed by atoms with E-state index in [4.69, 9.17) is 4.52 Å². The Morgan fingerprint density at radius 1 is 0.944 bits per heavy atom. The number of imide groups is 1. The third-order valence-electron chi connectivity index (χ3n) is 8.59. The summed E-state index contributed by atoms with van der Waals surface area (Å²) in [5.74, 6) is 1.26. The molecule has 3 fully saturated rings. The highest BCUT2D eigenvalue weighted by Gasteiger charge is 2.39. The Morgan fingerprint density at radius 3 is 2.53 bits per heavy atom. The summed E-state index contributed by atoms with van der Waals surface area (Å²) in [7, 11) is 0. The smallest absolute Gasteiger partial charge is 0.255 e. The number of carbonyl (C=O) groups is 3. The minimum Gasteiger partial charge on any atom is -0.360 e. The zero-order valence-electron chi connectivity index (χ0n) is 20.7. The molecule has 1 atom stereocenters. The SMILES string of the molecule is O=C1CCC(N2Cc3cc(C4CCN(Cc5cc(C6CCCCC6)no5)CC4)ccc3C2=O)C(=O)N1. The van der Waals surface area contributed by atoms with Gasteiger partial charge in [0.05, 0.1) is 12.2 Å². The first-order valence-corrected chi connectivity index (χ1v) is 13.5. The standard InChI is InChI=1S/C28H34N4O4/c33-26-9-8-25(27(34)29-26)32-16-21-14-20(6-7-23(21)28(32)35)18-10-12-31(13-11-18)17-22-15-24(30-36-22)19-4-2-1-3-5-19/h6-7,14-15,18-19,25H,1-5,8-13,16-17H2,(H,29,33,34). The van der Waals surface area contributed by atoms with Crippen molar-refractivity contribution >= 4 is 17.7 Å². The molecule has 1 saturated carbocycles. The van der Waals surface area contributed by atoms with Gasteiger partial charge in [0.15, 0.2) is 5.76 Å². The Hall–Kier alpha value is -3.00. The third kappa shape index (κ3) is 4.59. The Bertz CT molecular complexity index is 1160. The maximum Gasteiger partial charge on any atom is 0.255 e. The highest BCUT2D eigenvalue weighted by Crippen LogP contribution is 2.35. The van der Waals surface area contributed by atoms with Crippen LogP contribution in [0.25, 0.3) is 0 Å². The average Bonchev–Trinajstić information content (AvgIpc) is 3.49. The van der Waals surface area contributed by atoms with Gasteiger partial charge in [-0.25, -0.2) is 0 Å². The Balaban J connectivity index is 1.05. The first kappa shape index (κ1) is 23.4. The normalized spacial score (nSPS) is 24.3. The van der Waals surface area contributed by atoms with Gasteiger partial charge >= 0.3 is 0 Å². The topological polar surface area (TPSA) is 95.8 Å². The summed E-state index contributed by atoms with van der Waals surface area (Å²) in [6.45, 7) is 3.25. The van der Waals surface area contributed by atoms with Gasteiger partial charge in [0.2, 0.25) is 11.8 Å². The maximum absolute atomic E-state index is 13.0. The van der Waals surface area contributed by atoms with Crippen LogP contribution in [0.5, 0.6) is 0 Å². The molecule has 4 heterocycles. The summed E-state index contributed by atoms with van der Waals surface area (Å²) >= 11 is 0. The first-order valence-electron chi connectivity index (χ1n) is 13.5. The molecule has 2 saturated heterocycles. The molecule has 0 radical (unpaired) electrons. The molecule has 8 heteroatoms. The monoisotopic (exact) mass is 490 g/mol. The van der Waals surface area contributed by atoms with E-state index in [1.165, 1.54) is 37.7 Å². The van der Waals surface area contributed by atoms with Crippen LogP contribution in [-0.2, 0) is 22.7 Å². The molecular weight excluding hydrogens is 456 g/mol. The molecule has 36 heavy (non-hydrogen) atoms. The second-order valence-electron chi connectivity index (χ2n) is 10.9. The van der Waals surface area contributed by atoms with E-state index in [0.29, 0.717) is 30.4 Å². The van der Waals surface area contributed by atoms with Crippen LogP contribution in [0.3, 0.4) is 0 Å². The number of nitrogens with zero attached hydrogens (tertiary/aromatic N) is 3. The summed E-state index contributed by atoms with van der Waals surface area (Å²) in [5, 5.41) is 6.75. The van der Waals surface area contributed by atoms with E-state index in [2.05, 4.69) is 33.6 Å². The summed E-state index contributed by atoms with van der Waals surface area (Å²) in [6.07, 6.45) is 9.19. The molecule has 1 aromatic heterocycles. The van der Waals surface area contributed by atoms with Crippen molar-refractivity contribution in [2.45, 2.75) is 88.8 Å². The lowest BCUT2D eigenvalue weighted by molar-refractivity contribution is -0.136. The van der Waals surface area contributed by atoms with E-state index in [1.54, 1.807) is 4.90 Å². The summed E-state index contributed by atoms with van der Waals surface area (Å²) in [4.78, 5) is 40.8. The van der Waals surface area contributed by atoms with Gasteiger partial charge in [0, 0.05) is 30.5 Å². The van der Waals surface area contributed by atoms with Gasteiger partial charge in [-0.05, 0) is 68.3 Å². The number of fused-ring (bicyclic) bond motifs is 1. The van der Waals surface area contributed by atoms with Crippen LogP contribution in [0.2, 0.25) is 0 Å². The van der Waals surface area contributed by atoms with Gasteiger partial charge in [0.25, 0.3) is 5.91 Å². The summed E-state index contributed by atoms with van der Waals surface area (Å²) < 4.78 is 5.69. The van der Waals surface area contributed by atoms with Crippen LogP contribution >= 0.6 is 0 Å². The fourth-order valence-electron chi connectivity index (χ4n) is 6.49. The zero-order valence-corrected chi connectivity index (χ0v) is 20.7. The molecule has 0 bridgehead atoms. The molecule has 8 nitrogen and oxygen atoms in total. The molecule has 6 rings (SSSR count). The number of hydrogen-bond donors (Lipinski definition) is 1. The van der Waals surface area contributed by atoms with E-state index in [-0.39, 0.29) is 24.1 Å². The number of likely N-dealkylation sites (tertiary alicyclic amines) is 1. The van der Waals surface area contributed by atoms with Crippen molar-refractivity contribution in [2.75, 3.05) is 13.1 Å². The number of aromatic nitrogens is 1. The molecule has 1 N–H and O–H groups in total. The molecule has 4 aliphatic rings. The largest absolute Gasteiger partial charge is 0.360 e. The third-order valence-corrected chi connectivity index (χ3v) is 8.59. The number of piperidine rings is 2. The number of benzene rings is 1. The van der Waals surface area contributed by atoms with Gasteiger partial charge in [-0.15, -0.1) is 0 Å². The van der Waals surface area contributed by atoms with Crippen molar-refractivity contribution in [1.29, 1.82) is 0 Å². The van der Waals surface area contributed by atoms with E-state index >= 15 is 0 Å². The molecule has 2 aromatic rings. The van der Waals surface area contributed by atoms with Crippen LogP contribution in [0.1, 0.15) is 103 Å². The zero-order chi connectivity index (χ0) is 24.6. The van der Waals surface area contributed by atoms with Crippen LogP contribution in [0.15, 0.2) is 28.8 Å². The second-order valence-corrected chi connectivity index (χ2v) is 10.9. The minimum absolute atomic E-state index is 0.111. The number of amides is 3. The minimum atomic E-state index is -0.566. The fraction of sp³-hybridized carbons (Fsp3) is 0.571. The van der Waals surface area contributed by atoms with Crippen molar-refractivity contribution in [1.82, 2.24) is 20.3 Å². The van der Waals surface area contributed by atoms with Crippen molar-refractivity contribution in [2.24, 2.45) is 0 Å². The number of rotatable bonds is 5. The van der Waals surface area contributed by atoms with Crippen LogP contribution in [0.4, 0.5) is 0 Å². The highest BCUT2D eigenvalue weighted by molar-refractivity contribution is 6.05. The molecule has 1 aromatic carbocycles. The van der Waals surface area contributed by atoms with Crippen LogP contribution < -0.4 is 5.32 Å². The summed E-state index contributed by atoms with van der Waals surface area (Å²) in [6, 6.07) is 7.77. The molecule has 1 unspecified atom stereocenters. The molecule has 1 aliphatic carbocycles. The van der Waals surface area contributed by atoms with E-state index in [1.807, 2.05) is 6.07 Å². The van der Waals surface area contributed by atoms with Gasteiger partial charge < -0.3 is 9.42 Å². The fourth-order valence-corrected chi connectivity index (χ4v) is 6.49. The molecular formula is C28H34N4O4. The Labute approximate surface area is 211 Å². The predicted molar refractivity (Wildman–Crippen MR) is 132 cm³/mol. The van der Waals surface area contributed by atoms with Crippen molar-refractivity contribution < 1.29 is 18.9 Å². The van der Waals surface area contributed by atoms with Gasteiger partial charge in [-0.1, -0.05) is 36.6 Å². The second kappa shape index (κ2) is 9.81. The predicted octanol–water partition coefficient (Wildman–Crippen LogP) is 3.86. The lowest BCUT2D eigenvalue weighted by Crippen LogP contribution is -2.52. The summed E-state index contributed by atoms with van der Waals surface area (Å²) in [5.41, 5.74) is 4.07. The Kier molecular flexibility index (Phi) is 6.37. The number of hydrogen-bond acceptors (Lipinski definition) is 6. The average molecular weight is 491 g/mol. The van der Waals surface area contributed by atoms with Crippen molar-refractivity contribution in [3.63, 3.8) is 0 Å². The van der Waals surface area contributed by atoms with Crippen LogP contribution in [0, 0.1) is 0 Å². The van der Waals surface area contributed by atoms with Crippen LogP contribution in [-0.4, -0.2) is 51.8 Å². The lowest BCUT2D eigenvalue weighted by atomic mass is 9.87. The van der Waals surface area contributed by atoms with E-state index < -0.39 is 6.04 Å². The van der Waals surface area contributed by atoms with Gasteiger partial charge in [-0.3, -0.25) is 24.6 Å². The molecule has 190 valence electrons. The quantitative estimate of drug-likeness (QED) is 0.640. The van der Waals surface area contributed by atoms with Crippen molar-refractivity contribution in [3.05, 3.63) is 52.4 Å². The van der Waals surface area contributed by atoms with Gasteiger partial charge in [-0.2, -0.15) is 0 Å². The number of nitrogens with one attached hydrogen (secondary N) is 1. The Morgan fingerprint density at radius 2 is 1.75 bits per heavy atom. The molecule has 3 aliphatic heterocycles. The van der Waals surface area contributed by atoms with Crippen molar-refractivity contribution in [3.8, 4) is 0 Å². The van der Waals surface area contributed by atoms with E-state index in [9.17, 15) is 14.4 Å². The molecule has 3 amide bonds. The lowest BCUT2D eigenvalue weighted by Gasteiger charge is -2.31. The maximum atomic E-state index is 13.0. The number of carbonyl (C=O) groups excluding carboxylic acids is 3.